The normalized spacial score (nSPS) is 13.4. The molecule has 0 radical (unpaired) electrons. The zero-order valence-corrected chi connectivity index (χ0v) is 19.4. The number of nitrogens with one attached hydrogen (secondary N) is 1. The van der Waals surface area contributed by atoms with E-state index in [1.165, 1.54) is 6.92 Å². The second-order valence-electron chi connectivity index (χ2n) is 7.36. The topological polar surface area (TPSA) is 129 Å². The second-order valence-corrected chi connectivity index (χ2v) is 9.30. The molecule has 1 N–H and O–H groups in total. The first kappa shape index (κ1) is 28.7. The van der Waals surface area contributed by atoms with Gasteiger partial charge in [0.1, 0.15) is 12.9 Å². The van der Waals surface area contributed by atoms with Gasteiger partial charge >= 0.3 is 11.7 Å². The van der Waals surface area contributed by atoms with Crippen LogP contribution in [0.3, 0.4) is 0 Å². The largest absolute Gasteiger partial charge is 0.501 e. The van der Waals surface area contributed by atoms with Crippen LogP contribution < -0.4 is 10.1 Å². The van der Waals surface area contributed by atoms with E-state index < -0.39 is 62.5 Å². The maximum Gasteiger partial charge on any atom is 0.501 e. The summed E-state index contributed by atoms with van der Waals surface area (Å²) in [5.41, 5.74) is -8.72. The molecule has 0 fully saturated rings. The third-order valence-electron chi connectivity index (χ3n) is 4.55. The molecule has 0 aliphatic rings. The average Bonchev–Trinajstić information content (AvgIpc) is 3.32. The van der Waals surface area contributed by atoms with Gasteiger partial charge in [0.25, 0.3) is 28.1 Å². The zero-order valence-electron chi connectivity index (χ0n) is 18.6. The lowest BCUT2D eigenvalue weighted by Crippen LogP contribution is -2.29. The van der Waals surface area contributed by atoms with Crippen LogP contribution in [0.1, 0.15) is 34.7 Å². The van der Waals surface area contributed by atoms with Crippen LogP contribution in [-0.4, -0.2) is 57.6 Å². The molecular formula is C19H14F8N6O4S. The number of benzene rings is 1. The van der Waals surface area contributed by atoms with Crippen molar-refractivity contribution in [3.8, 4) is 11.7 Å². The molecule has 0 bridgehead atoms. The molecule has 3 aromatic rings. The van der Waals surface area contributed by atoms with Gasteiger partial charge in [-0.1, -0.05) is 0 Å². The summed E-state index contributed by atoms with van der Waals surface area (Å²) in [6.45, 7) is 0.392. The van der Waals surface area contributed by atoms with Crippen LogP contribution in [0.2, 0.25) is 0 Å². The highest BCUT2D eigenvalue weighted by Gasteiger charge is 2.48. The first-order valence-corrected chi connectivity index (χ1v) is 11.5. The molecule has 3 rings (SSSR count). The predicted octanol–water partition coefficient (Wildman–Crippen LogP) is 3.50. The summed E-state index contributed by atoms with van der Waals surface area (Å²) in [5, 5.41) is 6.11. The van der Waals surface area contributed by atoms with Gasteiger partial charge in [0.05, 0.1) is 28.9 Å². The summed E-state index contributed by atoms with van der Waals surface area (Å²) < 4.78 is 132. The second kappa shape index (κ2) is 10.5. The number of aromatic nitrogens is 5. The zero-order chi connectivity index (χ0) is 28.5. The number of hydrogen-bond donors (Lipinski definition) is 1. The Labute approximate surface area is 207 Å². The molecule has 1 amide bonds. The van der Waals surface area contributed by atoms with Crippen molar-refractivity contribution >= 4 is 15.7 Å². The number of nitrogens with zero attached hydrogens (tertiary/aromatic N) is 5. The Morgan fingerprint density at radius 3 is 2.24 bits per heavy atom. The van der Waals surface area contributed by atoms with Crippen molar-refractivity contribution in [1.82, 2.24) is 30.0 Å². The lowest BCUT2D eigenvalue weighted by Gasteiger charge is -2.15. The van der Waals surface area contributed by atoms with Gasteiger partial charge in [-0.2, -0.15) is 31.0 Å². The van der Waals surface area contributed by atoms with E-state index in [0.29, 0.717) is 0 Å². The molecule has 2 heterocycles. The third kappa shape index (κ3) is 6.50. The lowest BCUT2D eigenvalue weighted by molar-refractivity contribution is -0.137. The van der Waals surface area contributed by atoms with Crippen LogP contribution in [0.5, 0.6) is 5.75 Å². The number of rotatable bonds is 8. The predicted molar refractivity (Wildman–Crippen MR) is 109 cm³/mol. The molecule has 10 nitrogen and oxygen atoms in total. The van der Waals surface area contributed by atoms with Gasteiger partial charge in [0.2, 0.25) is 0 Å². The molecule has 38 heavy (non-hydrogen) atoms. The average molecular weight is 574 g/mol. The van der Waals surface area contributed by atoms with Crippen molar-refractivity contribution in [2.75, 3.05) is 6.61 Å². The van der Waals surface area contributed by atoms with E-state index >= 15 is 0 Å². The molecule has 0 aliphatic carbocycles. The van der Waals surface area contributed by atoms with Gasteiger partial charge in [-0.15, -0.1) is 5.10 Å². The van der Waals surface area contributed by atoms with E-state index in [9.17, 15) is 48.3 Å². The van der Waals surface area contributed by atoms with Crippen LogP contribution >= 0.6 is 0 Å². The third-order valence-corrected chi connectivity index (χ3v) is 6.02. The number of halogens is 8. The molecule has 206 valence electrons. The Balaban J connectivity index is 1.82. The summed E-state index contributed by atoms with van der Waals surface area (Å²) in [4.78, 5) is 22.3. The quantitative estimate of drug-likeness (QED) is 0.405. The van der Waals surface area contributed by atoms with Gasteiger partial charge in [0.15, 0.2) is 11.6 Å². The fraction of sp³-hybridized carbons (Fsp3) is 0.316. The van der Waals surface area contributed by atoms with E-state index in [1.54, 1.807) is 0 Å². The Bertz CT molecular complexity index is 1410. The fourth-order valence-electron chi connectivity index (χ4n) is 2.76. The van der Waals surface area contributed by atoms with Crippen molar-refractivity contribution in [3.63, 3.8) is 0 Å². The van der Waals surface area contributed by atoms with E-state index in [4.69, 9.17) is 4.74 Å². The summed E-state index contributed by atoms with van der Waals surface area (Å²) in [6, 6.07) is -1.02. The molecule has 0 spiro atoms. The smallest absolute Gasteiger partial charge is 0.484 e. The molecule has 1 unspecified atom stereocenters. The maximum absolute atomic E-state index is 13.2. The van der Waals surface area contributed by atoms with Gasteiger partial charge < -0.3 is 10.1 Å². The molecule has 1 atom stereocenters. The van der Waals surface area contributed by atoms with Crippen molar-refractivity contribution in [3.05, 3.63) is 53.9 Å². The number of carbonyl (C=O) groups is 1. The van der Waals surface area contributed by atoms with Gasteiger partial charge in [-0.25, -0.2) is 32.2 Å². The number of hydrogen-bond acceptors (Lipinski definition) is 8. The summed E-state index contributed by atoms with van der Waals surface area (Å²) in [6.07, 6.45) is -4.78. The fourth-order valence-corrected chi connectivity index (χ4v) is 3.59. The maximum atomic E-state index is 13.2. The highest BCUT2D eigenvalue weighted by atomic mass is 32.2. The van der Waals surface area contributed by atoms with Crippen LogP contribution in [0.15, 0.2) is 41.8 Å². The van der Waals surface area contributed by atoms with E-state index in [1.807, 2.05) is 0 Å². The highest BCUT2D eigenvalue weighted by Crippen LogP contribution is 2.36. The standard InChI is InChI=1S/C19H14F8N6O4S/c1-9(15-30-8-33(32-15)17-28-5-12(6-29-17)37-7-14(20)21)31-16(34)10-2-11(18(22,23)24)4-13(3-10)38(35,36)19(25,26)27/h2-6,8-9,14H,7H2,1H3,(H,31,34). The van der Waals surface area contributed by atoms with Crippen molar-refractivity contribution in [2.45, 2.75) is 36.0 Å². The molecule has 0 saturated carbocycles. The number of carbonyl (C=O) groups excluding carboxylic acids is 1. The van der Waals surface area contributed by atoms with E-state index in [-0.39, 0.29) is 35.7 Å². The number of amides is 1. The minimum Gasteiger partial charge on any atom is -0.484 e. The highest BCUT2D eigenvalue weighted by molar-refractivity contribution is 7.92. The first-order chi connectivity index (χ1) is 17.5. The Hall–Kier alpha value is -3.90. The Morgan fingerprint density at radius 2 is 1.68 bits per heavy atom. The van der Waals surface area contributed by atoms with Crippen LogP contribution in [-0.2, 0) is 16.0 Å². The molecular weight excluding hydrogens is 560 g/mol. The van der Waals surface area contributed by atoms with Crippen molar-refractivity contribution in [1.29, 1.82) is 0 Å². The van der Waals surface area contributed by atoms with E-state index in [0.717, 1.165) is 23.4 Å². The van der Waals surface area contributed by atoms with Crippen LogP contribution in [0.25, 0.3) is 5.95 Å². The van der Waals surface area contributed by atoms with Crippen LogP contribution in [0, 0.1) is 0 Å². The van der Waals surface area contributed by atoms with Gasteiger partial charge in [0, 0.05) is 5.56 Å². The summed E-state index contributed by atoms with van der Waals surface area (Å²) in [5.74, 6) is -1.67. The SMILES string of the molecule is CC(NC(=O)c1cc(C(F)(F)F)cc(S(=O)(=O)C(F)(F)F)c1)c1ncn(-c2ncc(OCC(F)F)cn2)n1. The molecule has 0 saturated heterocycles. The number of sulfone groups is 1. The Morgan fingerprint density at radius 1 is 1.05 bits per heavy atom. The van der Waals surface area contributed by atoms with Crippen LogP contribution in [0.4, 0.5) is 35.1 Å². The lowest BCUT2D eigenvalue weighted by atomic mass is 10.1. The number of alkyl halides is 8. The number of ether oxygens (including phenoxy) is 1. The minimum absolute atomic E-state index is 0.0667. The molecule has 2 aromatic heterocycles. The summed E-state index contributed by atoms with van der Waals surface area (Å²) in [7, 11) is -6.20. The molecule has 1 aromatic carbocycles. The minimum atomic E-state index is -6.20. The van der Waals surface area contributed by atoms with E-state index in [2.05, 4.69) is 25.4 Å². The molecule has 0 aliphatic heterocycles. The van der Waals surface area contributed by atoms with Gasteiger partial charge in [-0.3, -0.25) is 4.79 Å². The Kier molecular flexibility index (Phi) is 7.89. The monoisotopic (exact) mass is 574 g/mol. The van der Waals surface area contributed by atoms with Crippen molar-refractivity contribution in [2.24, 2.45) is 0 Å². The first-order valence-electron chi connectivity index (χ1n) is 9.98. The molecule has 19 heteroatoms. The van der Waals surface area contributed by atoms with Gasteiger partial charge in [-0.05, 0) is 25.1 Å². The van der Waals surface area contributed by atoms with Crippen molar-refractivity contribution < 1.29 is 53.1 Å². The summed E-state index contributed by atoms with van der Waals surface area (Å²) >= 11 is 0.